The molecule has 13 nitrogen and oxygen atoms in total. The number of carbonyl (C=O) groups is 4. The van der Waals surface area contributed by atoms with Gasteiger partial charge >= 0.3 is 17.9 Å². The Hall–Kier alpha value is -3.20. The maximum Gasteiger partial charge on any atom is 0.309 e. The van der Waals surface area contributed by atoms with Gasteiger partial charge < -0.3 is 33.7 Å². The highest BCUT2D eigenvalue weighted by molar-refractivity contribution is 7.55. The molecule has 0 fully saturated rings. The summed E-state index contributed by atoms with van der Waals surface area (Å²) >= 11 is -0.140. The zero-order valence-corrected chi connectivity index (χ0v) is 24.9. The van der Waals surface area contributed by atoms with Gasteiger partial charge in [-0.3, -0.25) is 19.2 Å². The molecule has 4 atom stereocenters. The van der Waals surface area contributed by atoms with Crippen LogP contribution in [0.25, 0.3) is 9.69 Å². The van der Waals surface area contributed by atoms with Gasteiger partial charge in [0.1, 0.15) is 13.2 Å². The van der Waals surface area contributed by atoms with Gasteiger partial charge in [0.25, 0.3) is 5.91 Å². The van der Waals surface area contributed by atoms with Crippen LogP contribution >= 0.6 is 0 Å². The fraction of sp³-hybridized carbons (Fsp3) is 0.769. The molecular formula is C26H41N3O10S. The highest BCUT2D eigenvalue weighted by Crippen LogP contribution is 2.28. The first-order valence-electron chi connectivity index (χ1n) is 12.6. The van der Waals surface area contributed by atoms with Gasteiger partial charge in [0.2, 0.25) is 22.5 Å². The normalized spacial score (nSPS) is 14.7. The summed E-state index contributed by atoms with van der Waals surface area (Å²) in [5.41, 5.74) is -1.71. The average Bonchev–Trinajstić information content (AvgIpc) is 2.91. The molecule has 0 aromatic carbocycles. The van der Waals surface area contributed by atoms with E-state index in [1.54, 1.807) is 27.7 Å². The Kier molecular flexibility index (Phi) is 21.0. The second-order valence-corrected chi connectivity index (χ2v) is 10.0. The van der Waals surface area contributed by atoms with Crippen LogP contribution in [-0.2, 0) is 49.6 Å². The molecule has 0 heterocycles. The second kappa shape index (κ2) is 21.6. The molecule has 226 valence electrons. The van der Waals surface area contributed by atoms with E-state index in [-0.39, 0.29) is 69.2 Å². The summed E-state index contributed by atoms with van der Waals surface area (Å²) in [4.78, 5) is 52.1. The molecule has 0 spiro atoms. The number of hydrogen-bond acceptors (Lipinski definition) is 9. The van der Waals surface area contributed by atoms with E-state index in [1.165, 1.54) is 14.2 Å². The maximum atomic E-state index is 11.7. The molecule has 3 unspecified atom stereocenters. The molecule has 0 aliphatic rings. The molecule has 0 aromatic rings. The lowest BCUT2D eigenvalue weighted by Crippen LogP contribution is -2.29. The van der Waals surface area contributed by atoms with E-state index in [9.17, 15) is 23.4 Å². The fourth-order valence-electron chi connectivity index (χ4n) is 3.47. The topological polar surface area (TPSA) is 164 Å². The predicted molar refractivity (Wildman–Crippen MR) is 145 cm³/mol. The Bertz CT molecular complexity index is 957. The minimum atomic E-state index is -0.940. The Labute approximate surface area is 239 Å². The number of amides is 1. The van der Waals surface area contributed by atoms with E-state index in [2.05, 4.69) is 14.1 Å². The van der Waals surface area contributed by atoms with Crippen molar-refractivity contribution in [3.05, 3.63) is 22.8 Å². The number of nitrogens with zero attached hydrogens (tertiary/aromatic N) is 3. The lowest BCUT2D eigenvalue weighted by Gasteiger charge is -2.20. The van der Waals surface area contributed by atoms with E-state index in [0.717, 1.165) is 0 Å². The molecule has 40 heavy (non-hydrogen) atoms. The van der Waals surface area contributed by atoms with E-state index in [0.29, 0.717) is 13.2 Å². The second-order valence-electron chi connectivity index (χ2n) is 9.70. The number of esters is 2. The van der Waals surface area contributed by atoms with Crippen molar-refractivity contribution in [2.24, 2.45) is 16.2 Å². The van der Waals surface area contributed by atoms with Crippen LogP contribution in [0.4, 0.5) is 0 Å². The molecule has 1 amide bonds. The first-order chi connectivity index (χ1) is 18.7. The summed E-state index contributed by atoms with van der Waals surface area (Å²) in [5, 5.41) is 8.65. The summed E-state index contributed by atoms with van der Waals surface area (Å²) in [5.74, 6) is -3.16. The minimum absolute atomic E-state index is 0.0135. The van der Waals surface area contributed by atoms with Gasteiger partial charge in [-0.05, 0) is 0 Å². The molecule has 0 saturated carbocycles. The standard InChI is InChI=1S/C13H20N2O5S.C13H21NO5/c1-10(12(17)20-8-7-19-4)9-13(2,14-3)6-5-11(16)15-21-18;1-10(12(17)19-8-7-18-4)9-13(2,14-3)6-5-11(15)16/h10H,5-9H2,1-2,4H3;10H,5-9H2,1-2,4H3,(H,15,16)/t;10-,13?/m.0/s1. The third-order valence-corrected chi connectivity index (χ3v) is 6.07. The largest absolute Gasteiger partial charge is 0.481 e. The number of aliphatic carboxylic acids is 1. The lowest BCUT2D eigenvalue weighted by atomic mass is 9.86. The number of carbonyl (C=O) groups excluding carboxylic acids is 3. The Morgan fingerprint density at radius 2 is 1.23 bits per heavy atom. The van der Waals surface area contributed by atoms with E-state index >= 15 is 0 Å². The van der Waals surface area contributed by atoms with Crippen LogP contribution in [0.5, 0.6) is 0 Å². The highest BCUT2D eigenvalue weighted by atomic mass is 32.1. The van der Waals surface area contributed by atoms with Crippen molar-refractivity contribution in [3.8, 4) is 0 Å². The number of carboxylic acid groups (broad SMARTS) is 1. The van der Waals surface area contributed by atoms with Crippen molar-refractivity contribution in [2.45, 2.75) is 77.3 Å². The van der Waals surface area contributed by atoms with Crippen LogP contribution in [0.2, 0.25) is 0 Å². The Morgan fingerprint density at radius 1 is 0.825 bits per heavy atom. The Balaban J connectivity index is 0. The van der Waals surface area contributed by atoms with Crippen molar-refractivity contribution < 1.29 is 47.4 Å². The Morgan fingerprint density at radius 3 is 1.55 bits per heavy atom. The molecule has 0 aliphatic heterocycles. The third-order valence-electron chi connectivity index (χ3n) is 5.79. The predicted octanol–water partition coefficient (Wildman–Crippen LogP) is 3.33. The maximum absolute atomic E-state index is 11.7. The molecule has 14 heteroatoms. The smallest absolute Gasteiger partial charge is 0.309 e. The average molecular weight is 588 g/mol. The number of hydrogen-bond donors (Lipinski definition) is 1. The quantitative estimate of drug-likeness (QED) is 0.143. The molecular weight excluding hydrogens is 546 g/mol. The zero-order chi connectivity index (χ0) is 31.2. The van der Waals surface area contributed by atoms with Gasteiger partial charge in [0, 0.05) is 60.2 Å². The molecule has 0 bridgehead atoms. The van der Waals surface area contributed by atoms with Crippen LogP contribution in [0.3, 0.4) is 0 Å². The van der Waals surface area contributed by atoms with Crippen LogP contribution < -0.4 is 0 Å². The van der Waals surface area contributed by atoms with Crippen molar-refractivity contribution in [3.63, 3.8) is 0 Å². The van der Waals surface area contributed by atoms with E-state index < -0.39 is 40.8 Å². The molecule has 0 rings (SSSR count). The van der Waals surface area contributed by atoms with Crippen molar-refractivity contribution >= 4 is 35.3 Å². The van der Waals surface area contributed by atoms with Crippen molar-refractivity contribution in [1.82, 2.24) is 0 Å². The number of methoxy groups -OCH3 is 2. The number of ether oxygens (including phenoxy) is 4. The van der Waals surface area contributed by atoms with Gasteiger partial charge in [-0.1, -0.05) is 13.8 Å². The highest BCUT2D eigenvalue weighted by Gasteiger charge is 2.36. The van der Waals surface area contributed by atoms with Crippen LogP contribution in [0, 0.1) is 25.0 Å². The van der Waals surface area contributed by atoms with Gasteiger partial charge in [-0.15, -0.1) is 4.36 Å². The molecule has 1 N–H and O–H groups in total. The summed E-state index contributed by atoms with van der Waals surface area (Å²) in [6.45, 7) is 22.1. The molecule has 0 aliphatic carbocycles. The summed E-state index contributed by atoms with van der Waals surface area (Å²) in [6.07, 6.45) is 0.968. The molecule has 0 saturated heterocycles. The van der Waals surface area contributed by atoms with Gasteiger partial charge in [0.05, 0.1) is 31.5 Å². The summed E-state index contributed by atoms with van der Waals surface area (Å²) in [7, 11) is 3.02. The molecule has 0 radical (unpaired) electrons. The summed E-state index contributed by atoms with van der Waals surface area (Å²) in [6, 6.07) is 0. The van der Waals surface area contributed by atoms with Gasteiger partial charge in [0.15, 0.2) is 0 Å². The fourth-order valence-corrected chi connectivity index (χ4v) is 3.64. The van der Waals surface area contributed by atoms with Gasteiger partial charge in [-0.2, -0.15) is 4.21 Å². The van der Waals surface area contributed by atoms with E-state index in [1.807, 2.05) is 0 Å². The van der Waals surface area contributed by atoms with Crippen LogP contribution in [0.15, 0.2) is 4.36 Å². The van der Waals surface area contributed by atoms with Crippen molar-refractivity contribution in [1.29, 1.82) is 0 Å². The van der Waals surface area contributed by atoms with Crippen LogP contribution in [0.1, 0.15) is 66.2 Å². The summed E-state index contributed by atoms with van der Waals surface area (Å²) < 4.78 is 32.8. The van der Waals surface area contributed by atoms with Crippen molar-refractivity contribution in [2.75, 3.05) is 40.6 Å². The van der Waals surface area contributed by atoms with Crippen LogP contribution in [-0.4, -0.2) is 84.9 Å². The lowest BCUT2D eigenvalue weighted by molar-refractivity contribution is -0.150. The zero-order valence-electron chi connectivity index (χ0n) is 24.1. The third kappa shape index (κ3) is 19.0. The first kappa shape index (κ1) is 38.9. The SMILES string of the molecule is [C-]#[N+]C(C)(CCC(=O)N=S=O)CC(C)C(=O)OCCOC.[C-]#[N+]C(C)(CCC(=O)O)C[C@H](C)C(=O)OCCOC. The minimum Gasteiger partial charge on any atom is -0.481 e. The number of carboxylic acids is 1. The molecule has 0 aromatic heterocycles. The first-order valence-corrected chi connectivity index (χ1v) is 13.3. The monoisotopic (exact) mass is 587 g/mol. The van der Waals surface area contributed by atoms with Gasteiger partial charge in [-0.25, -0.2) is 13.1 Å². The number of rotatable bonds is 18. The van der Waals surface area contributed by atoms with E-state index in [4.69, 9.17) is 37.2 Å².